The van der Waals surface area contributed by atoms with Crippen molar-refractivity contribution in [3.63, 3.8) is 0 Å². The van der Waals surface area contributed by atoms with Gasteiger partial charge in [-0.05, 0) is 30.7 Å². The summed E-state index contributed by atoms with van der Waals surface area (Å²) in [6.07, 6.45) is 4.75. The van der Waals surface area contributed by atoms with Crippen molar-refractivity contribution in [3.05, 3.63) is 54.1 Å². The maximum absolute atomic E-state index is 13.6. The molecule has 6 N–H and O–H groups in total. The standard InChI is InChI=1S/C26H36N6O5/c1-16(2)11-19(27)23(33)30-20(13-18-14-28-15-29-18)25(35)32-10-6-9-22(32)24(34)31-21(26(36)37)12-17-7-4-3-5-8-17/h3-5,7-8,14-16,19-22H,6,9-13,27H2,1-2H3,(H,28,29)(H,30,33)(H,31,34)(H,36,37). The predicted molar refractivity (Wildman–Crippen MR) is 136 cm³/mol. The smallest absolute Gasteiger partial charge is 0.326 e. The molecule has 3 amide bonds. The highest BCUT2D eigenvalue weighted by molar-refractivity contribution is 5.94. The molecule has 1 aromatic heterocycles. The number of rotatable bonds is 12. The van der Waals surface area contributed by atoms with Crippen molar-refractivity contribution in [1.29, 1.82) is 0 Å². The highest BCUT2D eigenvalue weighted by Crippen LogP contribution is 2.20. The van der Waals surface area contributed by atoms with Crippen molar-refractivity contribution in [3.8, 4) is 0 Å². The number of carbonyl (C=O) groups excluding carboxylic acids is 3. The van der Waals surface area contributed by atoms with Gasteiger partial charge in [0.05, 0.1) is 12.4 Å². The van der Waals surface area contributed by atoms with Crippen LogP contribution in [0.15, 0.2) is 42.9 Å². The molecule has 11 nitrogen and oxygen atoms in total. The van der Waals surface area contributed by atoms with E-state index in [2.05, 4.69) is 20.6 Å². The van der Waals surface area contributed by atoms with Crippen LogP contribution in [-0.2, 0) is 32.0 Å². The number of nitrogens with one attached hydrogen (secondary N) is 3. The van der Waals surface area contributed by atoms with Gasteiger partial charge in [0.25, 0.3) is 0 Å². The lowest BCUT2D eigenvalue weighted by Crippen LogP contribution is -2.57. The minimum atomic E-state index is -1.16. The lowest BCUT2D eigenvalue weighted by Gasteiger charge is -2.30. The number of aromatic nitrogens is 2. The van der Waals surface area contributed by atoms with Crippen LogP contribution in [0.1, 0.15) is 44.4 Å². The molecule has 0 saturated carbocycles. The first-order valence-electron chi connectivity index (χ1n) is 12.6. The van der Waals surface area contributed by atoms with E-state index >= 15 is 0 Å². The van der Waals surface area contributed by atoms with Gasteiger partial charge in [-0.15, -0.1) is 0 Å². The number of carbonyl (C=O) groups is 4. The normalized spacial score (nSPS) is 17.7. The van der Waals surface area contributed by atoms with Gasteiger partial charge in [0.2, 0.25) is 17.7 Å². The quantitative estimate of drug-likeness (QED) is 0.277. The van der Waals surface area contributed by atoms with E-state index in [4.69, 9.17) is 5.73 Å². The van der Waals surface area contributed by atoms with Crippen LogP contribution < -0.4 is 16.4 Å². The molecule has 1 aliphatic rings. The third kappa shape index (κ3) is 7.88. The zero-order valence-electron chi connectivity index (χ0n) is 21.2. The van der Waals surface area contributed by atoms with Crippen molar-refractivity contribution in [2.75, 3.05) is 6.54 Å². The number of benzene rings is 1. The summed E-state index contributed by atoms with van der Waals surface area (Å²) in [5, 5.41) is 15.0. The van der Waals surface area contributed by atoms with Crippen LogP contribution in [0.4, 0.5) is 0 Å². The van der Waals surface area contributed by atoms with Crippen LogP contribution in [0, 0.1) is 5.92 Å². The molecule has 1 aliphatic heterocycles. The molecule has 11 heteroatoms. The Morgan fingerprint density at radius 1 is 1.14 bits per heavy atom. The van der Waals surface area contributed by atoms with Crippen molar-refractivity contribution >= 4 is 23.7 Å². The summed E-state index contributed by atoms with van der Waals surface area (Å²) in [7, 11) is 0. The fourth-order valence-corrected chi connectivity index (χ4v) is 4.53. The van der Waals surface area contributed by atoms with Gasteiger partial charge in [0.15, 0.2) is 0 Å². The number of carboxylic acids is 1. The van der Waals surface area contributed by atoms with Crippen LogP contribution in [0.2, 0.25) is 0 Å². The van der Waals surface area contributed by atoms with Gasteiger partial charge < -0.3 is 31.4 Å². The van der Waals surface area contributed by atoms with E-state index in [-0.39, 0.29) is 18.8 Å². The average Bonchev–Trinajstić information content (AvgIpc) is 3.55. The first kappa shape index (κ1) is 27.9. The maximum Gasteiger partial charge on any atom is 0.326 e. The van der Waals surface area contributed by atoms with Gasteiger partial charge in [0, 0.05) is 31.3 Å². The lowest BCUT2D eigenvalue weighted by molar-refractivity contribution is -0.144. The molecule has 0 radical (unpaired) electrons. The van der Waals surface area contributed by atoms with Gasteiger partial charge in [-0.25, -0.2) is 9.78 Å². The molecule has 1 fully saturated rings. The minimum absolute atomic E-state index is 0.120. The van der Waals surface area contributed by atoms with E-state index in [0.717, 1.165) is 5.56 Å². The molecular weight excluding hydrogens is 476 g/mol. The topological polar surface area (TPSA) is 171 Å². The number of aromatic amines is 1. The number of imidazole rings is 1. The summed E-state index contributed by atoms with van der Waals surface area (Å²) in [5.74, 6) is -2.35. The number of carboxylic acid groups (broad SMARTS) is 1. The van der Waals surface area contributed by atoms with Crippen molar-refractivity contribution in [2.45, 2.75) is 70.1 Å². The van der Waals surface area contributed by atoms with Crippen LogP contribution in [-0.4, -0.2) is 74.4 Å². The van der Waals surface area contributed by atoms with Gasteiger partial charge in [-0.1, -0.05) is 44.2 Å². The third-order valence-corrected chi connectivity index (χ3v) is 6.39. The highest BCUT2D eigenvalue weighted by Gasteiger charge is 2.39. The minimum Gasteiger partial charge on any atom is -0.480 e. The SMILES string of the molecule is CC(C)CC(N)C(=O)NC(Cc1cnc[nH]1)C(=O)N1CCCC1C(=O)NC(Cc1ccccc1)C(=O)O. The van der Waals surface area contributed by atoms with Crippen molar-refractivity contribution in [2.24, 2.45) is 11.7 Å². The summed E-state index contributed by atoms with van der Waals surface area (Å²) in [6, 6.07) is 5.30. The van der Waals surface area contributed by atoms with Crippen LogP contribution in [0.3, 0.4) is 0 Å². The summed E-state index contributed by atoms with van der Waals surface area (Å²) >= 11 is 0. The number of aliphatic carboxylic acids is 1. The zero-order chi connectivity index (χ0) is 26.9. The van der Waals surface area contributed by atoms with Crippen LogP contribution in [0.5, 0.6) is 0 Å². The zero-order valence-corrected chi connectivity index (χ0v) is 21.2. The Morgan fingerprint density at radius 3 is 2.49 bits per heavy atom. The molecule has 37 heavy (non-hydrogen) atoms. The lowest BCUT2D eigenvalue weighted by atomic mass is 10.0. The Hall–Kier alpha value is -3.73. The highest BCUT2D eigenvalue weighted by atomic mass is 16.4. The second kappa shape index (κ2) is 13.0. The van der Waals surface area contributed by atoms with Gasteiger partial charge in [0.1, 0.15) is 18.1 Å². The molecule has 3 rings (SSSR count). The maximum atomic E-state index is 13.6. The molecular formula is C26H36N6O5. The Balaban J connectivity index is 1.73. The Kier molecular flexibility index (Phi) is 9.78. The Morgan fingerprint density at radius 2 is 1.86 bits per heavy atom. The summed E-state index contributed by atoms with van der Waals surface area (Å²) in [4.78, 5) is 59.7. The molecule has 200 valence electrons. The predicted octanol–water partition coefficient (Wildman–Crippen LogP) is 0.614. The number of hydrogen-bond acceptors (Lipinski definition) is 6. The average molecular weight is 513 g/mol. The van der Waals surface area contributed by atoms with Gasteiger partial charge in [-0.2, -0.15) is 0 Å². The van der Waals surface area contributed by atoms with Crippen LogP contribution in [0.25, 0.3) is 0 Å². The third-order valence-electron chi connectivity index (χ3n) is 6.39. The molecule has 0 bridgehead atoms. The second-order valence-corrected chi connectivity index (χ2v) is 9.86. The summed E-state index contributed by atoms with van der Waals surface area (Å²) < 4.78 is 0. The number of hydrogen-bond donors (Lipinski definition) is 5. The second-order valence-electron chi connectivity index (χ2n) is 9.86. The largest absolute Gasteiger partial charge is 0.480 e. The van der Waals surface area contributed by atoms with E-state index < -0.39 is 47.9 Å². The summed E-state index contributed by atoms with van der Waals surface area (Å²) in [6.45, 7) is 4.23. The molecule has 1 aromatic carbocycles. The van der Waals surface area contributed by atoms with E-state index in [0.29, 0.717) is 31.5 Å². The molecule has 2 aromatic rings. The Labute approximate surface area is 216 Å². The molecule has 4 atom stereocenters. The van der Waals surface area contributed by atoms with E-state index in [1.807, 2.05) is 19.9 Å². The molecule has 1 saturated heterocycles. The number of nitrogens with zero attached hydrogens (tertiary/aromatic N) is 2. The monoisotopic (exact) mass is 512 g/mol. The fraction of sp³-hybridized carbons (Fsp3) is 0.500. The van der Waals surface area contributed by atoms with E-state index in [1.54, 1.807) is 30.5 Å². The van der Waals surface area contributed by atoms with Gasteiger partial charge >= 0.3 is 5.97 Å². The first-order valence-corrected chi connectivity index (χ1v) is 12.6. The van der Waals surface area contributed by atoms with Gasteiger partial charge in [-0.3, -0.25) is 14.4 Å². The number of amides is 3. The first-order chi connectivity index (χ1) is 17.7. The van der Waals surface area contributed by atoms with E-state index in [9.17, 15) is 24.3 Å². The van der Waals surface area contributed by atoms with Crippen LogP contribution >= 0.6 is 0 Å². The fourth-order valence-electron chi connectivity index (χ4n) is 4.53. The molecule has 4 unspecified atom stereocenters. The van der Waals surface area contributed by atoms with Crippen molar-refractivity contribution in [1.82, 2.24) is 25.5 Å². The Bertz CT molecular complexity index is 1060. The number of nitrogens with two attached hydrogens (primary N) is 1. The number of H-pyrrole nitrogens is 1. The molecule has 0 aliphatic carbocycles. The summed E-state index contributed by atoms with van der Waals surface area (Å²) in [5.41, 5.74) is 7.45. The molecule has 0 spiro atoms. The van der Waals surface area contributed by atoms with Crippen molar-refractivity contribution < 1.29 is 24.3 Å². The molecule has 2 heterocycles. The van der Waals surface area contributed by atoms with E-state index in [1.165, 1.54) is 11.2 Å². The number of likely N-dealkylation sites (tertiary alicyclic amines) is 1.